The van der Waals surface area contributed by atoms with Crippen LogP contribution in [-0.4, -0.2) is 34.8 Å². The summed E-state index contributed by atoms with van der Waals surface area (Å²) in [7, 11) is 0. The highest BCUT2D eigenvalue weighted by Crippen LogP contribution is 2.33. The Hall–Kier alpha value is -2.37. The second-order valence-electron chi connectivity index (χ2n) is 7.76. The zero-order valence-corrected chi connectivity index (χ0v) is 16.2. The van der Waals surface area contributed by atoms with Crippen LogP contribution in [0.1, 0.15) is 70.3 Å². The van der Waals surface area contributed by atoms with E-state index in [-0.39, 0.29) is 18.4 Å². The summed E-state index contributed by atoms with van der Waals surface area (Å²) in [6.07, 6.45) is 6.29. The predicted octanol–water partition coefficient (Wildman–Crippen LogP) is 3.78. The fourth-order valence-corrected chi connectivity index (χ4v) is 4.08. The van der Waals surface area contributed by atoms with E-state index < -0.39 is 11.6 Å². The zero-order valence-electron chi connectivity index (χ0n) is 16.2. The Morgan fingerprint density at radius 3 is 2.52 bits per heavy atom. The van der Waals surface area contributed by atoms with Gasteiger partial charge in [-0.05, 0) is 36.8 Å². The van der Waals surface area contributed by atoms with Crippen molar-refractivity contribution in [2.45, 2.75) is 70.3 Å². The highest BCUT2D eigenvalue weighted by molar-refractivity contribution is 6.10. The maximum absolute atomic E-state index is 12.9. The molecule has 0 radical (unpaired) electrons. The summed E-state index contributed by atoms with van der Waals surface area (Å²) in [4.78, 5) is 39.0. The third-order valence-electron chi connectivity index (χ3n) is 5.88. The quantitative estimate of drug-likeness (QED) is 0.773. The van der Waals surface area contributed by atoms with Crippen molar-refractivity contribution in [3.05, 3.63) is 29.8 Å². The van der Waals surface area contributed by atoms with Crippen molar-refractivity contribution in [1.82, 2.24) is 10.2 Å². The minimum absolute atomic E-state index is 0.249. The largest absolute Gasteiger partial charge is 0.325 e. The third-order valence-corrected chi connectivity index (χ3v) is 5.88. The first-order chi connectivity index (χ1) is 13.0. The fraction of sp³-hybridized carbons (Fsp3) is 0.571. The van der Waals surface area contributed by atoms with Gasteiger partial charge in [0, 0.05) is 5.69 Å². The van der Waals surface area contributed by atoms with Crippen molar-refractivity contribution in [2.75, 3.05) is 11.9 Å². The van der Waals surface area contributed by atoms with E-state index in [2.05, 4.69) is 24.5 Å². The number of imide groups is 1. The summed E-state index contributed by atoms with van der Waals surface area (Å²) >= 11 is 0. The van der Waals surface area contributed by atoms with Gasteiger partial charge in [0.1, 0.15) is 12.1 Å². The summed E-state index contributed by atoms with van der Waals surface area (Å²) in [5.74, 6) is -0.285. The van der Waals surface area contributed by atoms with Crippen LogP contribution in [-0.2, 0) is 9.59 Å². The van der Waals surface area contributed by atoms with Gasteiger partial charge in [0.2, 0.25) is 5.91 Å². The average Bonchev–Trinajstić information content (AvgIpc) is 2.83. The van der Waals surface area contributed by atoms with Crippen LogP contribution in [0.5, 0.6) is 0 Å². The molecular formula is C21H29N3O3. The van der Waals surface area contributed by atoms with Crippen molar-refractivity contribution in [3.8, 4) is 0 Å². The number of nitrogens with zero attached hydrogens (tertiary/aromatic N) is 1. The maximum Gasteiger partial charge on any atom is 0.325 e. The minimum Gasteiger partial charge on any atom is -0.324 e. The van der Waals surface area contributed by atoms with Gasteiger partial charge in [-0.25, -0.2) is 4.79 Å². The Kier molecular flexibility index (Phi) is 5.82. The van der Waals surface area contributed by atoms with Crippen molar-refractivity contribution in [2.24, 2.45) is 0 Å². The molecule has 2 fully saturated rings. The number of para-hydroxylation sites is 1. The van der Waals surface area contributed by atoms with E-state index >= 15 is 0 Å². The van der Waals surface area contributed by atoms with Gasteiger partial charge in [0.15, 0.2) is 0 Å². The number of amides is 4. The van der Waals surface area contributed by atoms with E-state index in [0.29, 0.717) is 18.8 Å². The molecule has 1 atom stereocenters. The summed E-state index contributed by atoms with van der Waals surface area (Å²) < 4.78 is 0. The molecule has 2 aliphatic rings. The first-order valence-electron chi connectivity index (χ1n) is 10.00. The molecule has 0 unspecified atom stereocenters. The summed E-state index contributed by atoms with van der Waals surface area (Å²) in [6, 6.07) is 7.23. The first-order valence-corrected chi connectivity index (χ1v) is 10.00. The summed E-state index contributed by atoms with van der Waals surface area (Å²) in [5.41, 5.74) is 1.00. The summed E-state index contributed by atoms with van der Waals surface area (Å²) in [6.45, 7) is 3.96. The second-order valence-corrected chi connectivity index (χ2v) is 7.76. The molecule has 1 saturated carbocycles. The van der Waals surface area contributed by atoms with Crippen molar-refractivity contribution >= 4 is 23.5 Å². The molecule has 4 amide bonds. The minimum atomic E-state index is -0.803. The highest BCUT2D eigenvalue weighted by Gasteiger charge is 2.51. The lowest BCUT2D eigenvalue weighted by atomic mass is 9.90. The molecule has 6 heteroatoms. The Labute approximate surface area is 160 Å². The van der Waals surface area contributed by atoms with Gasteiger partial charge in [-0.3, -0.25) is 14.5 Å². The number of hydrogen-bond donors (Lipinski definition) is 2. The molecule has 2 N–H and O–H groups in total. The second kappa shape index (κ2) is 8.11. The SMILES string of the molecule is CC[C@H](C)c1ccccc1NC(=O)CN1C(=O)NC2(CCCCCC2)C1=O. The van der Waals surface area contributed by atoms with E-state index in [1.54, 1.807) is 0 Å². The first kappa shape index (κ1) is 19.4. The topological polar surface area (TPSA) is 78.5 Å². The van der Waals surface area contributed by atoms with Crippen LogP contribution < -0.4 is 10.6 Å². The third kappa shape index (κ3) is 3.99. The molecule has 0 bridgehead atoms. The average molecular weight is 371 g/mol. The number of anilines is 1. The van der Waals surface area contributed by atoms with Crippen molar-refractivity contribution in [1.29, 1.82) is 0 Å². The normalized spacial score (nSPS) is 20.3. The lowest BCUT2D eigenvalue weighted by Crippen LogP contribution is -2.47. The van der Waals surface area contributed by atoms with E-state index in [0.717, 1.165) is 48.3 Å². The number of carbonyl (C=O) groups is 3. The monoisotopic (exact) mass is 371 g/mol. The molecule has 6 nitrogen and oxygen atoms in total. The van der Waals surface area contributed by atoms with Gasteiger partial charge < -0.3 is 10.6 Å². The van der Waals surface area contributed by atoms with E-state index in [1.165, 1.54) is 0 Å². The van der Waals surface area contributed by atoms with Crippen LogP contribution >= 0.6 is 0 Å². The molecule has 146 valence electrons. The lowest BCUT2D eigenvalue weighted by Gasteiger charge is -2.24. The standard InChI is InChI=1S/C21H29N3O3/c1-3-15(2)16-10-6-7-11-17(16)22-18(25)14-24-19(26)21(23-20(24)27)12-8-4-5-9-13-21/h6-7,10-11,15H,3-5,8-9,12-14H2,1-2H3,(H,22,25)(H,23,27)/t15-/m0/s1. The number of carbonyl (C=O) groups excluding carboxylic acids is 3. The molecule has 0 aromatic heterocycles. The molecule has 1 saturated heterocycles. The molecule has 1 aliphatic carbocycles. The molecule has 3 rings (SSSR count). The van der Waals surface area contributed by atoms with Crippen molar-refractivity contribution in [3.63, 3.8) is 0 Å². The number of nitrogens with one attached hydrogen (secondary N) is 2. The summed E-state index contributed by atoms with van der Waals surface area (Å²) in [5, 5.41) is 5.76. The van der Waals surface area contributed by atoms with Crippen LogP contribution in [0.25, 0.3) is 0 Å². The molecule has 1 aliphatic heterocycles. The predicted molar refractivity (Wildman–Crippen MR) is 104 cm³/mol. The molecule has 27 heavy (non-hydrogen) atoms. The molecule has 1 spiro atoms. The Bertz CT molecular complexity index is 723. The molecule has 1 heterocycles. The van der Waals surface area contributed by atoms with Gasteiger partial charge in [0.25, 0.3) is 5.91 Å². The molecule has 1 aromatic rings. The van der Waals surface area contributed by atoms with Gasteiger partial charge in [0.05, 0.1) is 0 Å². The Balaban J connectivity index is 1.70. The smallest absolute Gasteiger partial charge is 0.324 e. The maximum atomic E-state index is 12.9. The van der Waals surface area contributed by atoms with Gasteiger partial charge in [-0.2, -0.15) is 0 Å². The Morgan fingerprint density at radius 1 is 1.19 bits per heavy atom. The number of rotatable bonds is 5. The zero-order chi connectivity index (χ0) is 19.4. The Morgan fingerprint density at radius 2 is 1.85 bits per heavy atom. The number of benzene rings is 1. The lowest BCUT2D eigenvalue weighted by molar-refractivity contribution is -0.134. The van der Waals surface area contributed by atoms with Crippen LogP contribution in [0.15, 0.2) is 24.3 Å². The van der Waals surface area contributed by atoms with E-state index in [4.69, 9.17) is 0 Å². The van der Waals surface area contributed by atoms with Crippen LogP contribution in [0.2, 0.25) is 0 Å². The van der Waals surface area contributed by atoms with Gasteiger partial charge in [-0.1, -0.05) is 57.7 Å². The molecule has 1 aromatic carbocycles. The van der Waals surface area contributed by atoms with Crippen LogP contribution in [0.3, 0.4) is 0 Å². The molecular weight excluding hydrogens is 342 g/mol. The van der Waals surface area contributed by atoms with Crippen LogP contribution in [0.4, 0.5) is 10.5 Å². The van der Waals surface area contributed by atoms with Gasteiger partial charge in [-0.15, -0.1) is 0 Å². The van der Waals surface area contributed by atoms with E-state index in [1.807, 2.05) is 24.3 Å². The highest BCUT2D eigenvalue weighted by atomic mass is 16.2. The number of hydrogen-bond acceptors (Lipinski definition) is 3. The van der Waals surface area contributed by atoms with E-state index in [9.17, 15) is 14.4 Å². The van der Waals surface area contributed by atoms with Crippen LogP contribution in [0, 0.1) is 0 Å². The van der Waals surface area contributed by atoms with Gasteiger partial charge >= 0.3 is 6.03 Å². The fourth-order valence-electron chi connectivity index (χ4n) is 4.08. The van der Waals surface area contributed by atoms with Crippen molar-refractivity contribution < 1.29 is 14.4 Å². The number of urea groups is 1.